The molecule has 3 nitrogen and oxygen atoms in total. The van der Waals surface area contributed by atoms with Crippen molar-refractivity contribution in [2.24, 2.45) is 5.73 Å². The van der Waals surface area contributed by atoms with E-state index in [2.05, 4.69) is 24.2 Å². The quantitative estimate of drug-likeness (QED) is 0.834. The number of thiazole rings is 1. The van der Waals surface area contributed by atoms with Crippen LogP contribution in [0.3, 0.4) is 0 Å². The average molecular weight is 242 g/mol. The summed E-state index contributed by atoms with van der Waals surface area (Å²) >= 11 is 1.68. The van der Waals surface area contributed by atoms with Crippen molar-refractivity contribution < 1.29 is 4.74 Å². The van der Waals surface area contributed by atoms with Gasteiger partial charge in [0.25, 0.3) is 0 Å². The van der Waals surface area contributed by atoms with Crippen LogP contribution < -0.4 is 5.73 Å². The van der Waals surface area contributed by atoms with Gasteiger partial charge < -0.3 is 10.5 Å². The fourth-order valence-corrected chi connectivity index (χ4v) is 2.92. The van der Waals surface area contributed by atoms with Crippen LogP contribution in [0.25, 0.3) is 0 Å². The lowest BCUT2D eigenvalue weighted by atomic mass is 9.87. The van der Waals surface area contributed by atoms with Crippen LogP contribution in [0.15, 0.2) is 5.38 Å². The number of aromatic nitrogens is 1. The van der Waals surface area contributed by atoms with Crippen LogP contribution in [0.1, 0.15) is 37.4 Å². The monoisotopic (exact) mass is 242 g/mol. The lowest BCUT2D eigenvalue weighted by Crippen LogP contribution is -2.50. The fourth-order valence-electron chi connectivity index (χ4n) is 2.09. The number of hydrogen-bond donors (Lipinski definition) is 1. The number of aryl methyl sites for hydroxylation is 1. The first-order chi connectivity index (χ1) is 7.57. The first-order valence-electron chi connectivity index (χ1n) is 5.79. The average Bonchev–Trinajstić information content (AvgIpc) is 2.67. The van der Waals surface area contributed by atoms with Gasteiger partial charge in [-0.2, -0.15) is 0 Å². The minimum Gasteiger partial charge on any atom is -0.377 e. The fraction of sp³-hybridized carbons (Fsp3) is 0.750. The summed E-state index contributed by atoms with van der Waals surface area (Å²) in [5.41, 5.74) is 7.13. The van der Waals surface area contributed by atoms with Gasteiger partial charge in [0.1, 0.15) is 0 Å². The molecule has 0 fully saturated rings. The molecule has 1 aromatic rings. The zero-order chi connectivity index (χ0) is 12.2. The molecule has 4 heteroatoms. The molecular weight excluding hydrogens is 220 g/mol. The molecule has 0 bridgehead atoms. The van der Waals surface area contributed by atoms with E-state index >= 15 is 0 Å². The summed E-state index contributed by atoms with van der Waals surface area (Å²) in [6.07, 6.45) is 2.67. The van der Waals surface area contributed by atoms with Gasteiger partial charge in [0, 0.05) is 30.6 Å². The maximum Gasteiger partial charge on any atom is 0.0944 e. The van der Waals surface area contributed by atoms with Crippen molar-refractivity contribution >= 4 is 11.3 Å². The van der Waals surface area contributed by atoms with Crippen molar-refractivity contribution in [2.45, 2.75) is 51.7 Å². The summed E-state index contributed by atoms with van der Waals surface area (Å²) in [7, 11) is 1.75. The van der Waals surface area contributed by atoms with Crippen molar-refractivity contribution in [3.63, 3.8) is 0 Å². The summed E-state index contributed by atoms with van der Waals surface area (Å²) in [5, 5.41) is 3.17. The van der Waals surface area contributed by atoms with E-state index in [4.69, 9.17) is 10.5 Å². The zero-order valence-electron chi connectivity index (χ0n) is 10.6. The van der Waals surface area contributed by atoms with Crippen molar-refractivity contribution in [1.29, 1.82) is 0 Å². The summed E-state index contributed by atoms with van der Waals surface area (Å²) in [5.74, 6) is 0. The molecule has 16 heavy (non-hydrogen) atoms. The Hall–Kier alpha value is -0.450. The molecule has 0 saturated carbocycles. The Morgan fingerprint density at radius 3 is 2.50 bits per heavy atom. The number of methoxy groups -OCH3 is 1. The van der Waals surface area contributed by atoms with Gasteiger partial charge in [0.05, 0.1) is 10.6 Å². The number of nitrogens with zero attached hydrogens (tertiary/aromatic N) is 1. The Bertz CT molecular complexity index is 312. The predicted molar refractivity (Wildman–Crippen MR) is 68.9 cm³/mol. The van der Waals surface area contributed by atoms with Crippen molar-refractivity contribution in [3.05, 3.63) is 16.1 Å². The van der Waals surface area contributed by atoms with E-state index in [1.807, 2.05) is 6.92 Å². The van der Waals surface area contributed by atoms with Crippen LogP contribution in [0.4, 0.5) is 0 Å². The first kappa shape index (κ1) is 13.6. The Kier molecular flexibility index (Phi) is 4.89. The van der Waals surface area contributed by atoms with E-state index in [0.29, 0.717) is 0 Å². The maximum absolute atomic E-state index is 6.27. The summed E-state index contributed by atoms with van der Waals surface area (Å²) in [4.78, 5) is 4.45. The third-order valence-corrected chi connectivity index (χ3v) is 4.33. The van der Waals surface area contributed by atoms with Gasteiger partial charge in [-0.3, -0.25) is 0 Å². The molecule has 1 unspecified atom stereocenters. The minimum absolute atomic E-state index is 0.0121. The highest BCUT2D eigenvalue weighted by molar-refractivity contribution is 7.09. The Morgan fingerprint density at radius 2 is 2.12 bits per heavy atom. The molecule has 0 aliphatic heterocycles. The SMILES string of the molecule is CCC(CC)(OC)C(N)Cc1nc(C)cs1. The van der Waals surface area contributed by atoms with E-state index in [1.165, 1.54) is 0 Å². The third-order valence-electron chi connectivity index (χ3n) is 3.34. The van der Waals surface area contributed by atoms with E-state index in [1.54, 1.807) is 18.4 Å². The molecule has 0 saturated heterocycles. The maximum atomic E-state index is 6.27. The summed E-state index contributed by atoms with van der Waals surface area (Å²) < 4.78 is 5.63. The van der Waals surface area contributed by atoms with E-state index in [0.717, 1.165) is 30.0 Å². The molecule has 0 aliphatic rings. The molecule has 0 spiro atoms. The highest BCUT2D eigenvalue weighted by Gasteiger charge is 2.33. The number of ether oxygens (including phenoxy) is 1. The number of nitrogens with two attached hydrogens (primary N) is 1. The van der Waals surface area contributed by atoms with E-state index < -0.39 is 0 Å². The Labute approximate surface area is 102 Å². The molecule has 0 amide bonds. The van der Waals surface area contributed by atoms with Gasteiger partial charge in [-0.1, -0.05) is 13.8 Å². The van der Waals surface area contributed by atoms with Gasteiger partial charge in [-0.15, -0.1) is 11.3 Å². The largest absolute Gasteiger partial charge is 0.377 e. The lowest BCUT2D eigenvalue weighted by Gasteiger charge is -2.35. The molecule has 1 heterocycles. The van der Waals surface area contributed by atoms with Crippen LogP contribution in [-0.4, -0.2) is 23.7 Å². The Balaban J connectivity index is 2.72. The van der Waals surface area contributed by atoms with Crippen LogP contribution in [-0.2, 0) is 11.2 Å². The van der Waals surface area contributed by atoms with Crippen molar-refractivity contribution in [3.8, 4) is 0 Å². The molecule has 0 aromatic carbocycles. The van der Waals surface area contributed by atoms with Crippen LogP contribution in [0.5, 0.6) is 0 Å². The normalized spacial score (nSPS) is 14.1. The topological polar surface area (TPSA) is 48.1 Å². The van der Waals surface area contributed by atoms with Crippen LogP contribution in [0, 0.1) is 6.92 Å². The molecule has 1 rings (SSSR count). The number of hydrogen-bond acceptors (Lipinski definition) is 4. The molecule has 0 aliphatic carbocycles. The molecule has 92 valence electrons. The second-order valence-electron chi connectivity index (χ2n) is 4.17. The van der Waals surface area contributed by atoms with Crippen LogP contribution >= 0.6 is 11.3 Å². The van der Waals surface area contributed by atoms with E-state index in [9.17, 15) is 0 Å². The minimum atomic E-state index is -0.209. The molecule has 1 aromatic heterocycles. The molecule has 2 N–H and O–H groups in total. The van der Waals surface area contributed by atoms with Crippen molar-refractivity contribution in [2.75, 3.05) is 7.11 Å². The first-order valence-corrected chi connectivity index (χ1v) is 6.67. The van der Waals surface area contributed by atoms with Gasteiger partial charge in [0.2, 0.25) is 0 Å². The molecular formula is C12H22N2OS. The number of rotatable bonds is 6. The lowest BCUT2D eigenvalue weighted by molar-refractivity contribution is -0.0374. The standard InChI is InChI=1S/C12H22N2OS/c1-5-12(6-2,15-4)10(13)7-11-14-9(3)8-16-11/h8,10H,5-7,13H2,1-4H3. The summed E-state index contributed by atoms with van der Waals surface area (Å²) in [6.45, 7) is 6.26. The Morgan fingerprint density at radius 1 is 1.50 bits per heavy atom. The van der Waals surface area contributed by atoms with Gasteiger partial charge in [0.15, 0.2) is 0 Å². The third kappa shape index (κ3) is 2.81. The van der Waals surface area contributed by atoms with Gasteiger partial charge >= 0.3 is 0 Å². The smallest absolute Gasteiger partial charge is 0.0944 e. The highest BCUT2D eigenvalue weighted by Crippen LogP contribution is 2.25. The highest BCUT2D eigenvalue weighted by atomic mass is 32.1. The second-order valence-corrected chi connectivity index (χ2v) is 5.11. The van der Waals surface area contributed by atoms with Crippen LogP contribution in [0.2, 0.25) is 0 Å². The zero-order valence-corrected chi connectivity index (χ0v) is 11.4. The van der Waals surface area contributed by atoms with Gasteiger partial charge in [-0.05, 0) is 19.8 Å². The van der Waals surface area contributed by atoms with Crippen molar-refractivity contribution in [1.82, 2.24) is 4.98 Å². The predicted octanol–water partition coefficient (Wildman–Crippen LogP) is 2.53. The summed E-state index contributed by atoms with van der Waals surface area (Å²) in [6, 6.07) is 0.0121. The van der Waals surface area contributed by atoms with E-state index in [-0.39, 0.29) is 11.6 Å². The molecule has 0 radical (unpaired) electrons. The van der Waals surface area contributed by atoms with Gasteiger partial charge in [-0.25, -0.2) is 4.98 Å². The molecule has 1 atom stereocenters. The second kappa shape index (κ2) is 5.75.